The first-order valence-corrected chi connectivity index (χ1v) is 7.12. The molecule has 4 nitrogen and oxygen atoms in total. The molecule has 1 saturated heterocycles. The van der Waals surface area contributed by atoms with Gasteiger partial charge in [0.1, 0.15) is 11.5 Å². The van der Waals surface area contributed by atoms with Crippen molar-refractivity contribution in [2.75, 3.05) is 31.1 Å². The topological polar surface area (TPSA) is 32.8 Å². The van der Waals surface area contributed by atoms with Gasteiger partial charge in [-0.05, 0) is 24.3 Å². The molecule has 3 rings (SSSR count). The first-order chi connectivity index (χ1) is 10.3. The van der Waals surface area contributed by atoms with Crippen LogP contribution < -0.4 is 9.64 Å². The second kappa shape index (κ2) is 6.31. The molecule has 0 aromatic heterocycles. The van der Waals surface area contributed by atoms with Crippen molar-refractivity contribution in [3.05, 3.63) is 54.6 Å². The summed E-state index contributed by atoms with van der Waals surface area (Å²) >= 11 is 0. The first-order valence-electron chi connectivity index (χ1n) is 7.12. The van der Waals surface area contributed by atoms with Gasteiger partial charge in [-0.2, -0.15) is 0 Å². The minimum Gasteiger partial charge on any atom is -0.457 e. The van der Waals surface area contributed by atoms with Gasteiger partial charge in [0.05, 0.1) is 0 Å². The maximum atomic E-state index is 10.7. The van der Waals surface area contributed by atoms with Crippen molar-refractivity contribution in [2.45, 2.75) is 0 Å². The second-order valence-corrected chi connectivity index (χ2v) is 5.04. The van der Waals surface area contributed by atoms with Crippen molar-refractivity contribution in [3.8, 4) is 11.5 Å². The molecule has 2 aromatic carbocycles. The molecule has 1 aliphatic rings. The molecule has 0 radical (unpaired) electrons. The van der Waals surface area contributed by atoms with Crippen molar-refractivity contribution in [1.82, 2.24) is 4.90 Å². The average molecular weight is 282 g/mol. The molecule has 21 heavy (non-hydrogen) atoms. The molecule has 0 atom stereocenters. The third kappa shape index (κ3) is 3.34. The predicted molar refractivity (Wildman–Crippen MR) is 82.8 cm³/mol. The Balaban J connectivity index is 1.70. The van der Waals surface area contributed by atoms with Crippen LogP contribution >= 0.6 is 0 Å². The zero-order valence-corrected chi connectivity index (χ0v) is 11.8. The van der Waals surface area contributed by atoms with E-state index in [0.29, 0.717) is 0 Å². The van der Waals surface area contributed by atoms with E-state index in [1.165, 1.54) is 0 Å². The van der Waals surface area contributed by atoms with Crippen LogP contribution in [-0.4, -0.2) is 37.5 Å². The molecule has 108 valence electrons. The Kier molecular flexibility index (Phi) is 4.05. The van der Waals surface area contributed by atoms with E-state index in [4.69, 9.17) is 4.74 Å². The molecule has 2 aromatic rings. The van der Waals surface area contributed by atoms with E-state index in [2.05, 4.69) is 11.0 Å². The molecule has 4 heteroatoms. The van der Waals surface area contributed by atoms with Crippen LogP contribution in [0.3, 0.4) is 0 Å². The van der Waals surface area contributed by atoms with Crippen molar-refractivity contribution >= 4 is 12.1 Å². The van der Waals surface area contributed by atoms with Gasteiger partial charge in [-0.15, -0.1) is 0 Å². The van der Waals surface area contributed by atoms with E-state index in [-0.39, 0.29) is 0 Å². The fourth-order valence-corrected chi connectivity index (χ4v) is 2.45. The maximum absolute atomic E-state index is 10.7. The third-order valence-electron chi connectivity index (χ3n) is 3.63. The van der Waals surface area contributed by atoms with Gasteiger partial charge >= 0.3 is 0 Å². The number of carbonyl (C=O) groups excluding carboxylic acids is 1. The lowest BCUT2D eigenvalue weighted by Gasteiger charge is -2.34. The summed E-state index contributed by atoms with van der Waals surface area (Å²) in [7, 11) is 0. The van der Waals surface area contributed by atoms with Crippen LogP contribution in [0, 0.1) is 0 Å². The number of benzene rings is 2. The fourth-order valence-electron chi connectivity index (χ4n) is 2.45. The largest absolute Gasteiger partial charge is 0.457 e. The molecule has 1 heterocycles. The molecule has 1 amide bonds. The van der Waals surface area contributed by atoms with Crippen LogP contribution in [0.5, 0.6) is 11.5 Å². The number of hydrogen-bond donors (Lipinski definition) is 0. The second-order valence-electron chi connectivity index (χ2n) is 5.04. The van der Waals surface area contributed by atoms with Crippen molar-refractivity contribution in [3.63, 3.8) is 0 Å². The summed E-state index contributed by atoms with van der Waals surface area (Å²) in [5.41, 5.74) is 1.13. The Morgan fingerprint density at radius 1 is 0.857 bits per heavy atom. The van der Waals surface area contributed by atoms with Crippen LogP contribution in [0.15, 0.2) is 54.6 Å². The summed E-state index contributed by atoms with van der Waals surface area (Å²) in [6.45, 7) is 3.25. The molecular weight excluding hydrogens is 264 g/mol. The zero-order chi connectivity index (χ0) is 14.5. The smallest absolute Gasteiger partial charge is 0.209 e. The summed E-state index contributed by atoms with van der Waals surface area (Å²) in [4.78, 5) is 14.8. The molecule has 0 aliphatic carbocycles. The quantitative estimate of drug-likeness (QED) is 0.808. The van der Waals surface area contributed by atoms with E-state index in [9.17, 15) is 4.79 Å². The standard InChI is InChI=1S/C17H18N2O2/c20-14-18-9-11-19(12-10-18)15-5-4-8-17(13-15)21-16-6-2-1-3-7-16/h1-8,13-14H,9-12H2. The average Bonchev–Trinajstić information content (AvgIpc) is 2.56. The van der Waals surface area contributed by atoms with Gasteiger partial charge in [0, 0.05) is 37.9 Å². The van der Waals surface area contributed by atoms with Crippen LogP contribution in [0.1, 0.15) is 0 Å². The van der Waals surface area contributed by atoms with Gasteiger partial charge in [0.2, 0.25) is 6.41 Å². The van der Waals surface area contributed by atoms with Gasteiger partial charge in [0.15, 0.2) is 0 Å². The van der Waals surface area contributed by atoms with Gasteiger partial charge in [-0.25, -0.2) is 0 Å². The van der Waals surface area contributed by atoms with E-state index >= 15 is 0 Å². The normalized spacial score (nSPS) is 14.9. The Morgan fingerprint density at radius 3 is 2.29 bits per heavy atom. The highest BCUT2D eigenvalue weighted by molar-refractivity contribution is 5.53. The summed E-state index contributed by atoms with van der Waals surface area (Å²) < 4.78 is 5.86. The van der Waals surface area contributed by atoms with E-state index in [1.54, 1.807) is 4.90 Å². The molecule has 1 aliphatic heterocycles. The number of ether oxygens (including phenoxy) is 1. The van der Waals surface area contributed by atoms with E-state index in [0.717, 1.165) is 49.8 Å². The van der Waals surface area contributed by atoms with Gasteiger partial charge < -0.3 is 14.5 Å². The third-order valence-corrected chi connectivity index (χ3v) is 3.63. The van der Waals surface area contributed by atoms with Crippen LogP contribution in [-0.2, 0) is 4.79 Å². The zero-order valence-electron chi connectivity index (χ0n) is 11.8. The lowest BCUT2D eigenvalue weighted by atomic mass is 10.2. The number of piperazine rings is 1. The number of hydrogen-bond acceptors (Lipinski definition) is 3. The maximum Gasteiger partial charge on any atom is 0.209 e. The van der Waals surface area contributed by atoms with Crippen molar-refractivity contribution in [2.24, 2.45) is 0 Å². The molecule has 0 N–H and O–H groups in total. The van der Waals surface area contributed by atoms with Crippen molar-refractivity contribution in [1.29, 1.82) is 0 Å². The number of para-hydroxylation sites is 1. The van der Waals surface area contributed by atoms with Crippen LogP contribution in [0.25, 0.3) is 0 Å². The van der Waals surface area contributed by atoms with Gasteiger partial charge in [-0.3, -0.25) is 4.79 Å². The lowest BCUT2D eigenvalue weighted by molar-refractivity contribution is -0.118. The Morgan fingerprint density at radius 2 is 1.57 bits per heavy atom. The monoisotopic (exact) mass is 282 g/mol. The summed E-state index contributed by atoms with van der Waals surface area (Å²) in [5, 5.41) is 0. The van der Waals surface area contributed by atoms with Crippen molar-refractivity contribution < 1.29 is 9.53 Å². The summed E-state index contributed by atoms with van der Waals surface area (Å²) in [6, 6.07) is 17.8. The number of amides is 1. The lowest BCUT2D eigenvalue weighted by Crippen LogP contribution is -2.45. The SMILES string of the molecule is O=CN1CCN(c2cccc(Oc3ccccc3)c2)CC1. The molecular formula is C17H18N2O2. The highest BCUT2D eigenvalue weighted by Crippen LogP contribution is 2.26. The fraction of sp³-hybridized carbons (Fsp3) is 0.235. The highest BCUT2D eigenvalue weighted by Gasteiger charge is 2.16. The van der Waals surface area contributed by atoms with Gasteiger partial charge in [0.25, 0.3) is 0 Å². The molecule has 0 unspecified atom stereocenters. The highest BCUT2D eigenvalue weighted by atomic mass is 16.5. The Labute approximate surface area is 124 Å². The van der Waals surface area contributed by atoms with E-state index in [1.807, 2.05) is 48.5 Å². The summed E-state index contributed by atoms with van der Waals surface area (Å²) in [5.74, 6) is 1.66. The molecule has 1 fully saturated rings. The molecule has 0 spiro atoms. The predicted octanol–water partition coefficient (Wildman–Crippen LogP) is 2.76. The number of carbonyl (C=O) groups is 1. The van der Waals surface area contributed by atoms with E-state index < -0.39 is 0 Å². The summed E-state index contributed by atoms with van der Waals surface area (Å²) in [6.07, 6.45) is 0.923. The Bertz CT molecular complexity index is 593. The first kappa shape index (κ1) is 13.5. The van der Waals surface area contributed by atoms with Crippen LogP contribution in [0.2, 0.25) is 0 Å². The van der Waals surface area contributed by atoms with Gasteiger partial charge in [-0.1, -0.05) is 24.3 Å². The number of anilines is 1. The molecule has 0 saturated carbocycles. The minimum absolute atomic E-state index is 0.771. The minimum atomic E-state index is 0.771. The number of rotatable bonds is 4. The Hall–Kier alpha value is -2.49. The van der Waals surface area contributed by atoms with Crippen LogP contribution in [0.4, 0.5) is 5.69 Å². The molecule has 0 bridgehead atoms. The number of nitrogens with zero attached hydrogens (tertiary/aromatic N) is 2.